The fraction of sp³-hybridized carbons (Fsp3) is 0.333. The third-order valence-corrected chi connectivity index (χ3v) is 2.58. The smallest absolute Gasteiger partial charge is 0.353 e. The summed E-state index contributed by atoms with van der Waals surface area (Å²) in [5.74, 6) is -2.10. The van der Waals surface area contributed by atoms with Gasteiger partial charge in [-0.05, 0) is 5.56 Å². The number of nitrogens with two attached hydrogens (primary N) is 1. The molecule has 0 bridgehead atoms. The van der Waals surface area contributed by atoms with E-state index in [-0.39, 0.29) is 19.4 Å². The standard InChI is InChI=1S/C12H16N2O5/c13-10(15)6-7-12(14-18,11(16)17)19-8-9-4-2-1-3-5-9/h1-5,14,18H,6-8H2,(H2,13,15)(H,16,17)/t12-/m1/s1. The van der Waals surface area contributed by atoms with Crippen LogP contribution in [0.15, 0.2) is 30.3 Å². The fourth-order valence-electron chi connectivity index (χ4n) is 1.46. The summed E-state index contributed by atoms with van der Waals surface area (Å²) in [7, 11) is 0. The molecule has 0 fully saturated rings. The molecule has 5 N–H and O–H groups in total. The van der Waals surface area contributed by atoms with Crippen LogP contribution >= 0.6 is 0 Å². The zero-order valence-corrected chi connectivity index (χ0v) is 10.2. The first-order valence-electron chi connectivity index (χ1n) is 5.61. The van der Waals surface area contributed by atoms with Crippen molar-refractivity contribution in [3.05, 3.63) is 35.9 Å². The first-order chi connectivity index (χ1) is 9.00. The second-order valence-electron chi connectivity index (χ2n) is 3.98. The van der Waals surface area contributed by atoms with Gasteiger partial charge in [0.2, 0.25) is 11.6 Å². The first kappa shape index (κ1) is 15.1. The molecule has 0 aliphatic carbocycles. The minimum Gasteiger partial charge on any atom is -0.478 e. The van der Waals surface area contributed by atoms with E-state index >= 15 is 0 Å². The second-order valence-corrected chi connectivity index (χ2v) is 3.98. The second kappa shape index (κ2) is 6.83. The predicted molar refractivity (Wildman–Crippen MR) is 64.9 cm³/mol. The van der Waals surface area contributed by atoms with Crippen LogP contribution in [0.2, 0.25) is 0 Å². The molecule has 0 radical (unpaired) electrons. The molecule has 0 aromatic heterocycles. The van der Waals surface area contributed by atoms with Crippen LogP contribution in [0.1, 0.15) is 18.4 Å². The number of primary amides is 1. The van der Waals surface area contributed by atoms with E-state index in [0.29, 0.717) is 0 Å². The SMILES string of the molecule is NC(=O)CC[C@@](NO)(OCc1ccccc1)C(=O)O. The third-order valence-electron chi connectivity index (χ3n) is 2.58. The highest BCUT2D eigenvalue weighted by Crippen LogP contribution is 2.17. The summed E-state index contributed by atoms with van der Waals surface area (Å²) in [6, 6.07) is 8.86. The Morgan fingerprint density at radius 2 is 1.95 bits per heavy atom. The topological polar surface area (TPSA) is 122 Å². The first-order valence-corrected chi connectivity index (χ1v) is 5.61. The molecule has 1 amide bonds. The quantitative estimate of drug-likeness (QED) is 0.395. The number of aliphatic carboxylic acids is 1. The number of carbonyl (C=O) groups excluding carboxylic acids is 1. The molecule has 1 aromatic rings. The largest absolute Gasteiger partial charge is 0.478 e. The van der Waals surface area contributed by atoms with Crippen LogP contribution in [-0.4, -0.2) is 27.9 Å². The molecule has 19 heavy (non-hydrogen) atoms. The van der Waals surface area contributed by atoms with Gasteiger partial charge in [-0.15, -0.1) is 0 Å². The number of rotatable bonds is 8. The Morgan fingerprint density at radius 3 is 2.42 bits per heavy atom. The minimum absolute atomic E-state index is 0.0283. The summed E-state index contributed by atoms with van der Waals surface area (Å²) in [5.41, 5.74) is 5.26. The minimum atomic E-state index is -2.05. The summed E-state index contributed by atoms with van der Waals surface area (Å²) in [5, 5.41) is 18.1. The van der Waals surface area contributed by atoms with Crippen molar-refractivity contribution >= 4 is 11.9 Å². The molecule has 1 aromatic carbocycles. The van der Waals surface area contributed by atoms with E-state index in [1.165, 1.54) is 0 Å². The Bertz CT molecular complexity index is 437. The summed E-state index contributed by atoms with van der Waals surface area (Å²) < 4.78 is 5.21. The Kier molecular flexibility index (Phi) is 5.43. The van der Waals surface area contributed by atoms with Crippen molar-refractivity contribution in [2.24, 2.45) is 5.73 Å². The van der Waals surface area contributed by atoms with Gasteiger partial charge in [0.15, 0.2) is 0 Å². The molecular weight excluding hydrogens is 252 g/mol. The molecule has 0 aliphatic rings. The van der Waals surface area contributed by atoms with Gasteiger partial charge in [-0.2, -0.15) is 5.48 Å². The van der Waals surface area contributed by atoms with Gasteiger partial charge >= 0.3 is 5.97 Å². The number of amides is 1. The summed E-state index contributed by atoms with van der Waals surface area (Å²) in [6.45, 7) is -0.0283. The van der Waals surface area contributed by atoms with Crippen LogP contribution < -0.4 is 11.2 Å². The van der Waals surface area contributed by atoms with Crippen LogP contribution in [0.5, 0.6) is 0 Å². The molecule has 104 valence electrons. The van der Waals surface area contributed by atoms with E-state index < -0.39 is 17.6 Å². The van der Waals surface area contributed by atoms with Crippen molar-refractivity contribution in [3.8, 4) is 0 Å². The number of hydroxylamine groups is 1. The van der Waals surface area contributed by atoms with Crippen molar-refractivity contribution in [3.63, 3.8) is 0 Å². The van der Waals surface area contributed by atoms with E-state index in [1.807, 2.05) is 6.07 Å². The molecule has 1 atom stereocenters. The highest BCUT2D eigenvalue weighted by molar-refractivity contribution is 5.79. The van der Waals surface area contributed by atoms with E-state index in [9.17, 15) is 9.59 Å². The van der Waals surface area contributed by atoms with Crippen molar-refractivity contribution in [1.29, 1.82) is 0 Å². The lowest BCUT2D eigenvalue weighted by molar-refractivity contribution is -0.195. The van der Waals surface area contributed by atoms with Gasteiger partial charge in [-0.3, -0.25) is 4.79 Å². The van der Waals surface area contributed by atoms with E-state index in [2.05, 4.69) is 0 Å². The Morgan fingerprint density at radius 1 is 1.32 bits per heavy atom. The van der Waals surface area contributed by atoms with Gasteiger partial charge < -0.3 is 20.8 Å². The summed E-state index contributed by atoms with van der Waals surface area (Å²) in [6.07, 6.45) is -0.504. The van der Waals surface area contributed by atoms with Crippen LogP contribution in [0.4, 0.5) is 0 Å². The number of hydrogen-bond acceptors (Lipinski definition) is 5. The van der Waals surface area contributed by atoms with Crippen molar-refractivity contribution < 1.29 is 24.6 Å². The van der Waals surface area contributed by atoms with Crippen LogP contribution in [0.25, 0.3) is 0 Å². The van der Waals surface area contributed by atoms with Crippen molar-refractivity contribution in [2.45, 2.75) is 25.2 Å². The van der Waals surface area contributed by atoms with Crippen LogP contribution in [0.3, 0.4) is 0 Å². The monoisotopic (exact) mass is 268 g/mol. The van der Waals surface area contributed by atoms with Gasteiger partial charge in [0.25, 0.3) is 0 Å². The molecular formula is C12H16N2O5. The molecule has 0 unspecified atom stereocenters. The molecule has 0 spiro atoms. The zero-order chi connectivity index (χ0) is 14.3. The molecule has 0 saturated heterocycles. The molecule has 0 heterocycles. The molecule has 1 rings (SSSR count). The maximum Gasteiger partial charge on any atom is 0.353 e. The lowest BCUT2D eigenvalue weighted by Crippen LogP contribution is -2.53. The van der Waals surface area contributed by atoms with Gasteiger partial charge in [-0.25, -0.2) is 4.79 Å². The molecule has 0 saturated carbocycles. The lowest BCUT2D eigenvalue weighted by Gasteiger charge is -2.27. The predicted octanol–water partition coefficient (Wildman–Crippen LogP) is 0.228. The van der Waals surface area contributed by atoms with Crippen molar-refractivity contribution in [2.75, 3.05) is 0 Å². The van der Waals surface area contributed by atoms with Gasteiger partial charge in [0, 0.05) is 12.8 Å². The molecule has 7 nitrogen and oxygen atoms in total. The number of nitrogens with one attached hydrogen (secondary N) is 1. The van der Waals surface area contributed by atoms with Crippen LogP contribution in [0, 0.1) is 0 Å². The van der Waals surface area contributed by atoms with E-state index in [4.69, 9.17) is 20.8 Å². The normalized spacial score (nSPS) is 13.7. The Balaban J connectivity index is 2.73. The third kappa shape index (κ3) is 4.32. The summed E-state index contributed by atoms with van der Waals surface area (Å²) in [4.78, 5) is 21.9. The van der Waals surface area contributed by atoms with Gasteiger partial charge in [0.1, 0.15) is 0 Å². The highest BCUT2D eigenvalue weighted by Gasteiger charge is 2.39. The lowest BCUT2D eigenvalue weighted by atomic mass is 10.1. The Labute approximate surface area is 109 Å². The van der Waals surface area contributed by atoms with Gasteiger partial charge in [-0.1, -0.05) is 30.3 Å². The number of ether oxygens (including phenoxy) is 1. The van der Waals surface area contributed by atoms with E-state index in [1.54, 1.807) is 29.7 Å². The molecule has 7 heteroatoms. The Hall–Kier alpha value is -1.96. The maximum atomic E-state index is 11.2. The number of carbonyl (C=O) groups is 2. The number of carboxylic acid groups (broad SMARTS) is 1. The van der Waals surface area contributed by atoms with Crippen LogP contribution in [-0.2, 0) is 20.9 Å². The zero-order valence-electron chi connectivity index (χ0n) is 10.2. The number of carboxylic acids is 1. The van der Waals surface area contributed by atoms with Crippen molar-refractivity contribution in [1.82, 2.24) is 5.48 Å². The number of hydrogen-bond donors (Lipinski definition) is 4. The molecule has 0 aliphatic heterocycles. The summed E-state index contributed by atoms with van der Waals surface area (Å²) >= 11 is 0. The average molecular weight is 268 g/mol. The highest BCUT2D eigenvalue weighted by atomic mass is 16.6. The van der Waals surface area contributed by atoms with E-state index in [0.717, 1.165) is 5.56 Å². The average Bonchev–Trinajstić information content (AvgIpc) is 2.40. The fourth-order valence-corrected chi connectivity index (χ4v) is 1.46. The van der Waals surface area contributed by atoms with Gasteiger partial charge in [0.05, 0.1) is 6.61 Å². The number of benzene rings is 1. The maximum absolute atomic E-state index is 11.2.